The Kier molecular flexibility index (Phi) is 5.68. The largest absolute Gasteiger partial charge is 0.454 e. The van der Waals surface area contributed by atoms with Crippen LogP contribution in [0.3, 0.4) is 0 Å². The lowest BCUT2D eigenvalue weighted by Gasteiger charge is -2.29. The molecule has 1 saturated carbocycles. The fraction of sp³-hybridized carbons (Fsp3) is 0.321. The van der Waals surface area contributed by atoms with Crippen LogP contribution in [0.5, 0.6) is 23.0 Å². The van der Waals surface area contributed by atoms with E-state index in [1.54, 1.807) is 6.92 Å². The summed E-state index contributed by atoms with van der Waals surface area (Å²) in [6.45, 7) is 2.51. The molecular weight excluding hydrogens is 518 g/mol. The van der Waals surface area contributed by atoms with Gasteiger partial charge >= 0.3 is 11.6 Å². The molecule has 204 valence electrons. The van der Waals surface area contributed by atoms with Crippen LogP contribution < -0.4 is 18.9 Å². The molecule has 4 heterocycles. The Morgan fingerprint density at radius 3 is 2.55 bits per heavy atom. The molecular formula is C28H25N5O7. The van der Waals surface area contributed by atoms with E-state index in [2.05, 4.69) is 11.2 Å². The SMILES string of the molecule is CCn1cc([N+](=O)[O-])c(C(=O)N2N=C3/C(=C/c4ccc5c(c4)OCO5)CCC[C@H]3[C@@H]2c2ccc3c(c2)OCO3)n1. The van der Waals surface area contributed by atoms with Gasteiger partial charge in [0, 0.05) is 12.5 Å². The second-order valence-electron chi connectivity index (χ2n) is 9.95. The second-order valence-corrected chi connectivity index (χ2v) is 9.95. The fourth-order valence-electron chi connectivity index (χ4n) is 5.77. The molecule has 3 aromatic rings. The van der Waals surface area contributed by atoms with Crippen LogP contribution in [0.1, 0.15) is 53.8 Å². The lowest BCUT2D eigenvalue weighted by atomic mass is 9.77. The van der Waals surface area contributed by atoms with Gasteiger partial charge in [-0.1, -0.05) is 12.1 Å². The normalized spacial score (nSPS) is 21.5. The molecule has 0 spiro atoms. The molecule has 1 fully saturated rings. The van der Waals surface area contributed by atoms with E-state index in [9.17, 15) is 14.9 Å². The van der Waals surface area contributed by atoms with E-state index < -0.39 is 16.9 Å². The number of aryl methyl sites for hydroxylation is 1. The first-order valence-corrected chi connectivity index (χ1v) is 13.1. The summed E-state index contributed by atoms with van der Waals surface area (Å²) in [5.41, 5.74) is 2.96. The second kappa shape index (κ2) is 9.40. The number of amides is 1. The summed E-state index contributed by atoms with van der Waals surface area (Å²) in [6, 6.07) is 10.8. The molecule has 3 aliphatic heterocycles. The van der Waals surface area contributed by atoms with Gasteiger partial charge in [0.1, 0.15) is 6.20 Å². The average Bonchev–Trinajstić information content (AvgIpc) is 3.76. The summed E-state index contributed by atoms with van der Waals surface area (Å²) in [4.78, 5) is 25.2. The van der Waals surface area contributed by atoms with Crippen molar-refractivity contribution in [3.05, 3.63) is 75.1 Å². The van der Waals surface area contributed by atoms with Crippen molar-refractivity contribution < 1.29 is 28.7 Å². The van der Waals surface area contributed by atoms with Crippen molar-refractivity contribution in [3.63, 3.8) is 0 Å². The van der Waals surface area contributed by atoms with Crippen molar-refractivity contribution in [2.45, 2.75) is 38.8 Å². The zero-order chi connectivity index (χ0) is 27.4. The van der Waals surface area contributed by atoms with E-state index in [-0.39, 0.29) is 30.9 Å². The number of nitro groups is 1. The van der Waals surface area contributed by atoms with Crippen molar-refractivity contribution in [3.8, 4) is 23.0 Å². The molecule has 0 saturated heterocycles. The quantitative estimate of drug-likeness (QED) is 0.334. The highest BCUT2D eigenvalue weighted by Crippen LogP contribution is 2.47. The first kappa shape index (κ1) is 24.2. The molecule has 1 aliphatic carbocycles. The van der Waals surface area contributed by atoms with Gasteiger partial charge in [-0.05, 0) is 73.2 Å². The molecule has 1 amide bonds. The van der Waals surface area contributed by atoms with Crippen molar-refractivity contribution in [2.75, 3.05) is 13.6 Å². The monoisotopic (exact) mass is 543 g/mol. The molecule has 2 atom stereocenters. The summed E-state index contributed by atoms with van der Waals surface area (Å²) in [5, 5.41) is 22.3. The zero-order valence-corrected chi connectivity index (χ0v) is 21.6. The van der Waals surface area contributed by atoms with Gasteiger partial charge in [-0.2, -0.15) is 10.2 Å². The first-order valence-electron chi connectivity index (χ1n) is 13.1. The van der Waals surface area contributed by atoms with E-state index in [1.807, 2.05) is 36.4 Å². The molecule has 1 aromatic heterocycles. The Balaban J connectivity index is 1.32. The van der Waals surface area contributed by atoms with Crippen LogP contribution in [0.15, 0.2) is 53.3 Å². The maximum absolute atomic E-state index is 14.0. The topological polar surface area (TPSA) is 131 Å². The smallest absolute Gasteiger partial charge is 0.320 e. The third-order valence-corrected chi connectivity index (χ3v) is 7.65. The minimum atomic E-state index is -0.620. The standard InChI is InChI=1S/C28H25N5O7/c1-2-31-13-20(33(35)36)26(29-31)28(34)32-27(18-7-9-22-24(12-18)40-15-38-22)19-5-3-4-17(25(19)30-32)10-16-6-8-21-23(11-16)39-14-37-21/h6-13,19,27H,2-5,14-15H2,1H3/b17-10+/t19-,27+/m1/s1. The highest BCUT2D eigenvalue weighted by Gasteiger charge is 2.46. The molecule has 12 heteroatoms. The summed E-state index contributed by atoms with van der Waals surface area (Å²) >= 11 is 0. The number of rotatable bonds is 5. The summed E-state index contributed by atoms with van der Waals surface area (Å²) < 4.78 is 23.5. The molecule has 7 rings (SSSR count). The van der Waals surface area contributed by atoms with E-state index in [4.69, 9.17) is 24.0 Å². The average molecular weight is 544 g/mol. The Morgan fingerprint density at radius 1 is 1.07 bits per heavy atom. The molecule has 0 radical (unpaired) electrons. The van der Waals surface area contributed by atoms with E-state index in [1.165, 1.54) is 15.9 Å². The zero-order valence-electron chi connectivity index (χ0n) is 21.6. The van der Waals surface area contributed by atoms with Crippen LogP contribution in [-0.2, 0) is 6.54 Å². The lowest BCUT2D eigenvalue weighted by molar-refractivity contribution is -0.385. The van der Waals surface area contributed by atoms with Crippen LogP contribution in [0.2, 0.25) is 0 Å². The molecule has 2 aromatic carbocycles. The van der Waals surface area contributed by atoms with Crippen LogP contribution in [-0.4, -0.2) is 44.9 Å². The van der Waals surface area contributed by atoms with Crippen molar-refractivity contribution >= 4 is 23.4 Å². The van der Waals surface area contributed by atoms with Crippen LogP contribution >= 0.6 is 0 Å². The van der Waals surface area contributed by atoms with E-state index in [0.717, 1.165) is 41.7 Å². The van der Waals surface area contributed by atoms with Gasteiger partial charge in [-0.15, -0.1) is 0 Å². The summed E-state index contributed by atoms with van der Waals surface area (Å²) in [6.07, 6.45) is 5.82. The van der Waals surface area contributed by atoms with Crippen molar-refractivity contribution in [2.24, 2.45) is 11.0 Å². The number of ether oxygens (including phenoxy) is 4. The van der Waals surface area contributed by atoms with Gasteiger partial charge in [0.25, 0.3) is 0 Å². The highest BCUT2D eigenvalue weighted by atomic mass is 16.7. The molecule has 0 unspecified atom stereocenters. The fourth-order valence-corrected chi connectivity index (χ4v) is 5.77. The number of carbonyl (C=O) groups is 1. The van der Waals surface area contributed by atoms with E-state index >= 15 is 0 Å². The van der Waals surface area contributed by atoms with Gasteiger partial charge in [0.05, 0.1) is 16.7 Å². The van der Waals surface area contributed by atoms with Crippen molar-refractivity contribution in [1.82, 2.24) is 14.8 Å². The first-order chi connectivity index (χ1) is 19.5. The highest BCUT2D eigenvalue weighted by molar-refractivity contribution is 6.09. The molecule has 0 N–H and O–H groups in total. The lowest BCUT2D eigenvalue weighted by Crippen LogP contribution is -2.32. The third kappa shape index (κ3) is 3.94. The number of benzene rings is 2. The maximum atomic E-state index is 14.0. The molecule has 4 aliphatic rings. The van der Waals surface area contributed by atoms with Gasteiger partial charge in [0.15, 0.2) is 23.0 Å². The minimum Gasteiger partial charge on any atom is -0.454 e. The Labute approximate surface area is 228 Å². The minimum absolute atomic E-state index is 0.120. The number of fused-ring (bicyclic) bond motifs is 3. The number of carbonyl (C=O) groups excluding carboxylic acids is 1. The predicted molar refractivity (Wildman–Crippen MR) is 141 cm³/mol. The molecule has 40 heavy (non-hydrogen) atoms. The van der Waals surface area contributed by atoms with Crippen LogP contribution in [0.4, 0.5) is 5.69 Å². The van der Waals surface area contributed by atoms with Gasteiger partial charge < -0.3 is 18.9 Å². The number of hydrogen-bond donors (Lipinski definition) is 0. The summed E-state index contributed by atoms with van der Waals surface area (Å²) in [5.74, 6) is 1.87. The van der Waals surface area contributed by atoms with Gasteiger partial charge in [0.2, 0.25) is 19.3 Å². The number of aromatic nitrogens is 2. The number of hydrogen-bond acceptors (Lipinski definition) is 9. The Hall–Kier alpha value is -4.87. The van der Waals surface area contributed by atoms with Crippen molar-refractivity contribution in [1.29, 1.82) is 0 Å². The predicted octanol–water partition coefficient (Wildman–Crippen LogP) is 4.71. The number of allylic oxidation sites excluding steroid dienone is 1. The number of nitrogens with zero attached hydrogens (tertiary/aromatic N) is 5. The third-order valence-electron chi connectivity index (χ3n) is 7.65. The van der Waals surface area contributed by atoms with E-state index in [0.29, 0.717) is 29.5 Å². The summed E-state index contributed by atoms with van der Waals surface area (Å²) in [7, 11) is 0. The Bertz CT molecular complexity index is 1610. The maximum Gasteiger partial charge on any atom is 0.320 e. The molecule has 0 bridgehead atoms. The van der Waals surface area contributed by atoms with Crippen LogP contribution in [0, 0.1) is 16.0 Å². The van der Waals surface area contributed by atoms with Gasteiger partial charge in [-0.3, -0.25) is 19.6 Å². The Morgan fingerprint density at radius 2 is 1.80 bits per heavy atom. The van der Waals surface area contributed by atoms with Gasteiger partial charge in [-0.25, -0.2) is 5.01 Å². The molecule has 12 nitrogen and oxygen atoms in total. The number of hydrazone groups is 1. The van der Waals surface area contributed by atoms with Crippen LogP contribution in [0.25, 0.3) is 6.08 Å².